The van der Waals surface area contributed by atoms with Crippen LogP contribution in [0.25, 0.3) is 0 Å². The van der Waals surface area contributed by atoms with E-state index in [1.807, 2.05) is 6.92 Å². The summed E-state index contributed by atoms with van der Waals surface area (Å²) in [6.45, 7) is 2.00. The number of hydrogen-bond acceptors (Lipinski definition) is 1. The molecule has 1 N–H and O–H groups in total. The molecule has 1 fully saturated rings. The fourth-order valence-electron chi connectivity index (χ4n) is 1.03. The molecule has 0 aliphatic heterocycles. The zero-order valence-electron chi connectivity index (χ0n) is 6.82. The number of amides is 1. The van der Waals surface area contributed by atoms with Gasteiger partial charge in [-0.05, 0) is 19.3 Å². The van der Waals surface area contributed by atoms with Crippen molar-refractivity contribution in [3.63, 3.8) is 0 Å². The Morgan fingerprint density at radius 1 is 1.64 bits per heavy atom. The van der Waals surface area contributed by atoms with Crippen molar-refractivity contribution in [2.45, 2.75) is 38.1 Å². The monoisotopic (exact) mass is 175 g/mol. The molecule has 0 saturated heterocycles. The summed E-state index contributed by atoms with van der Waals surface area (Å²) in [5.41, 5.74) is -0.0200. The SMILES string of the molecule is CCCC(=O)NC1(CCl)CC1. The van der Waals surface area contributed by atoms with Crippen LogP contribution in [0.3, 0.4) is 0 Å². The fraction of sp³-hybridized carbons (Fsp3) is 0.875. The van der Waals surface area contributed by atoms with Crippen LogP contribution in [0.2, 0.25) is 0 Å². The number of alkyl halides is 1. The molecule has 1 amide bonds. The molecule has 3 heteroatoms. The molecule has 0 bridgehead atoms. The standard InChI is InChI=1S/C8H14ClNO/c1-2-3-7(11)10-8(6-9)4-5-8/h2-6H2,1H3,(H,10,11). The van der Waals surface area contributed by atoms with Gasteiger partial charge in [0.2, 0.25) is 5.91 Å². The first-order valence-corrected chi connectivity index (χ1v) is 4.63. The van der Waals surface area contributed by atoms with Crippen molar-refractivity contribution in [1.82, 2.24) is 5.32 Å². The number of carbonyl (C=O) groups excluding carboxylic acids is 1. The molecule has 1 aliphatic rings. The third kappa shape index (κ3) is 2.37. The van der Waals surface area contributed by atoms with E-state index in [0.717, 1.165) is 19.3 Å². The fourth-order valence-corrected chi connectivity index (χ4v) is 1.36. The Balaban J connectivity index is 2.24. The van der Waals surface area contributed by atoms with Gasteiger partial charge < -0.3 is 5.32 Å². The molecule has 0 aromatic carbocycles. The summed E-state index contributed by atoms with van der Waals surface area (Å²) in [4.78, 5) is 11.1. The van der Waals surface area contributed by atoms with Crippen LogP contribution >= 0.6 is 11.6 Å². The molecule has 64 valence electrons. The second kappa shape index (κ2) is 3.44. The molecule has 0 aromatic rings. The van der Waals surface area contributed by atoms with Crippen molar-refractivity contribution in [3.05, 3.63) is 0 Å². The molecule has 0 radical (unpaired) electrons. The van der Waals surface area contributed by atoms with Crippen LogP contribution in [0.15, 0.2) is 0 Å². The molecule has 2 nitrogen and oxygen atoms in total. The van der Waals surface area contributed by atoms with Crippen molar-refractivity contribution in [2.75, 3.05) is 5.88 Å². The van der Waals surface area contributed by atoms with Gasteiger partial charge in [0.1, 0.15) is 0 Å². The number of carbonyl (C=O) groups is 1. The largest absolute Gasteiger partial charge is 0.349 e. The maximum Gasteiger partial charge on any atom is 0.220 e. The molecule has 1 aliphatic carbocycles. The third-order valence-electron chi connectivity index (χ3n) is 1.99. The average molecular weight is 176 g/mol. The molecule has 11 heavy (non-hydrogen) atoms. The van der Waals surface area contributed by atoms with Crippen molar-refractivity contribution in [1.29, 1.82) is 0 Å². The van der Waals surface area contributed by atoms with E-state index < -0.39 is 0 Å². The lowest BCUT2D eigenvalue weighted by Crippen LogP contribution is -2.37. The third-order valence-corrected chi connectivity index (χ3v) is 2.50. The summed E-state index contributed by atoms with van der Waals surface area (Å²) < 4.78 is 0. The van der Waals surface area contributed by atoms with E-state index in [1.54, 1.807) is 0 Å². The van der Waals surface area contributed by atoms with Gasteiger partial charge in [-0.25, -0.2) is 0 Å². The van der Waals surface area contributed by atoms with Gasteiger partial charge in [-0.1, -0.05) is 6.92 Å². The first kappa shape index (κ1) is 8.85. The topological polar surface area (TPSA) is 29.1 Å². The average Bonchev–Trinajstić information content (AvgIpc) is 2.70. The van der Waals surface area contributed by atoms with Crippen LogP contribution in [0.4, 0.5) is 0 Å². The van der Waals surface area contributed by atoms with Gasteiger partial charge in [-0.2, -0.15) is 0 Å². The normalized spacial score (nSPS) is 19.5. The molecular weight excluding hydrogens is 162 g/mol. The van der Waals surface area contributed by atoms with E-state index in [0.29, 0.717) is 12.3 Å². The number of rotatable bonds is 4. The minimum Gasteiger partial charge on any atom is -0.349 e. The lowest BCUT2D eigenvalue weighted by Gasteiger charge is -2.12. The second-order valence-electron chi connectivity index (χ2n) is 3.21. The molecular formula is C8H14ClNO. The number of nitrogens with one attached hydrogen (secondary N) is 1. The van der Waals surface area contributed by atoms with Crippen molar-refractivity contribution in [2.24, 2.45) is 0 Å². The van der Waals surface area contributed by atoms with Gasteiger partial charge >= 0.3 is 0 Å². The van der Waals surface area contributed by atoms with E-state index in [2.05, 4.69) is 5.32 Å². The summed E-state index contributed by atoms with van der Waals surface area (Å²) in [6.07, 6.45) is 3.63. The Bertz CT molecular complexity index is 154. The highest BCUT2D eigenvalue weighted by molar-refractivity contribution is 6.19. The van der Waals surface area contributed by atoms with E-state index in [4.69, 9.17) is 11.6 Å². The van der Waals surface area contributed by atoms with Crippen LogP contribution in [-0.2, 0) is 4.79 Å². The Morgan fingerprint density at radius 3 is 2.64 bits per heavy atom. The summed E-state index contributed by atoms with van der Waals surface area (Å²) in [5.74, 6) is 0.702. The second-order valence-corrected chi connectivity index (χ2v) is 3.48. The maximum absolute atomic E-state index is 11.1. The minimum atomic E-state index is -0.0200. The van der Waals surface area contributed by atoms with Gasteiger partial charge in [0.25, 0.3) is 0 Å². The highest BCUT2D eigenvalue weighted by Gasteiger charge is 2.42. The van der Waals surface area contributed by atoms with E-state index >= 15 is 0 Å². The van der Waals surface area contributed by atoms with Crippen LogP contribution in [0, 0.1) is 0 Å². The highest BCUT2D eigenvalue weighted by atomic mass is 35.5. The zero-order chi connectivity index (χ0) is 8.32. The summed E-state index contributed by atoms with van der Waals surface area (Å²) in [6, 6.07) is 0. The quantitative estimate of drug-likeness (QED) is 0.648. The zero-order valence-corrected chi connectivity index (χ0v) is 7.58. The van der Waals surface area contributed by atoms with Crippen LogP contribution in [-0.4, -0.2) is 17.3 Å². The Labute approximate surface area is 72.3 Å². The van der Waals surface area contributed by atoms with Crippen LogP contribution < -0.4 is 5.32 Å². The molecule has 0 aromatic heterocycles. The Hall–Kier alpha value is -0.240. The number of halogens is 1. The molecule has 1 rings (SSSR count). The van der Waals surface area contributed by atoms with Gasteiger partial charge in [0.05, 0.1) is 5.54 Å². The van der Waals surface area contributed by atoms with Gasteiger partial charge in [0.15, 0.2) is 0 Å². The van der Waals surface area contributed by atoms with E-state index in [-0.39, 0.29) is 11.4 Å². The first-order chi connectivity index (χ1) is 5.22. The van der Waals surface area contributed by atoms with E-state index in [1.165, 1.54) is 0 Å². The minimum absolute atomic E-state index is 0.0200. The summed E-state index contributed by atoms with van der Waals surface area (Å²) >= 11 is 5.69. The molecule has 0 heterocycles. The van der Waals surface area contributed by atoms with Crippen LogP contribution in [0.5, 0.6) is 0 Å². The van der Waals surface area contributed by atoms with Crippen molar-refractivity contribution < 1.29 is 4.79 Å². The highest BCUT2D eigenvalue weighted by Crippen LogP contribution is 2.36. The lowest BCUT2D eigenvalue weighted by molar-refractivity contribution is -0.121. The van der Waals surface area contributed by atoms with E-state index in [9.17, 15) is 4.79 Å². The molecule has 0 spiro atoms. The van der Waals surface area contributed by atoms with Gasteiger partial charge in [0, 0.05) is 12.3 Å². The predicted molar refractivity (Wildman–Crippen MR) is 45.7 cm³/mol. The molecule has 0 atom stereocenters. The van der Waals surface area contributed by atoms with Gasteiger partial charge in [-0.3, -0.25) is 4.79 Å². The van der Waals surface area contributed by atoms with Gasteiger partial charge in [-0.15, -0.1) is 11.6 Å². The molecule has 0 unspecified atom stereocenters. The van der Waals surface area contributed by atoms with Crippen LogP contribution in [0.1, 0.15) is 32.6 Å². The maximum atomic E-state index is 11.1. The number of hydrogen-bond donors (Lipinski definition) is 1. The Kier molecular flexibility index (Phi) is 2.77. The van der Waals surface area contributed by atoms with Crippen molar-refractivity contribution >= 4 is 17.5 Å². The smallest absolute Gasteiger partial charge is 0.220 e. The molecule has 1 saturated carbocycles. The predicted octanol–water partition coefficient (Wildman–Crippen LogP) is 1.67. The summed E-state index contributed by atoms with van der Waals surface area (Å²) in [7, 11) is 0. The van der Waals surface area contributed by atoms with Crippen molar-refractivity contribution in [3.8, 4) is 0 Å². The lowest BCUT2D eigenvalue weighted by atomic mass is 10.2. The first-order valence-electron chi connectivity index (χ1n) is 4.09. The Morgan fingerprint density at radius 2 is 2.27 bits per heavy atom. The summed E-state index contributed by atoms with van der Waals surface area (Å²) in [5, 5.41) is 2.95.